The zero-order chi connectivity index (χ0) is 16.4. The molecule has 2 nitrogen and oxygen atoms in total. The maximum atomic E-state index is 11.0. The number of fused-ring (bicyclic) bond motifs is 5. The number of benzene rings is 1. The van der Waals surface area contributed by atoms with E-state index in [0.29, 0.717) is 23.5 Å². The molecule has 23 heavy (non-hydrogen) atoms. The first kappa shape index (κ1) is 15.1. The third kappa shape index (κ3) is 1.81. The zero-order valence-corrected chi connectivity index (χ0v) is 14.1. The molecule has 0 spiro atoms. The van der Waals surface area contributed by atoms with Gasteiger partial charge in [0.1, 0.15) is 11.4 Å². The highest BCUT2D eigenvalue weighted by molar-refractivity contribution is 5.48. The summed E-state index contributed by atoms with van der Waals surface area (Å²) >= 11 is 0. The maximum absolute atomic E-state index is 11.0. The Kier molecular flexibility index (Phi) is 3.13. The summed E-state index contributed by atoms with van der Waals surface area (Å²) in [6.07, 6.45) is 11.6. The van der Waals surface area contributed by atoms with Crippen molar-refractivity contribution in [3.8, 4) is 18.1 Å². The van der Waals surface area contributed by atoms with Crippen LogP contribution in [0.15, 0.2) is 12.1 Å². The fraction of sp³-hybridized carbons (Fsp3) is 0.619. The smallest absolute Gasteiger partial charge is 0.130 e. The van der Waals surface area contributed by atoms with Crippen LogP contribution in [0.5, 0.6) is 5.75 Å². The highest BCUT2D eigenvalue weighted by Crippen LogP contribution is 2.64. The van der Waals surface area contributed by atoms with Crippen LogP contribution >= 0.6 is 0 Å². The monoisotopic (exact) mass is 310 g/mol. The predicted molar refractivity (Wildman–Crippen MR) is 91.2 cm³/mol. The van der Waals surface area contributed by atoms with Crippen molar-refractivity contribution < 1.29 is 10.2 Å². The van der Waals surface area contributed by atoms with E-state index >= 15 is 0 Å². The van der Waals surface area contributed by atoms with Crippen LogP contribution in [-0.2, 0) is 6.42 Å². The Hall–Kier alpha value is -1.46. The van der Waals surface area contributed by atoms with Gasteiger partial charge >= 0.3 is 0 Å². The first-order valence-electron chi connectivity index (χ1n) is 8.93. The Balaban J connectivity index is 1.77. The lowest BCUT2D eigenvalue weighted by Gasteiger charge is -2.52. The molecule has 122 valence electrons. The van der Waals surface area contributed by atoms with Gasteiger partial charge in [-0.15, -0.1) is 6.42 Å². The minimum Gasteiger partial charge on any atom is -0.508 e. The minimum absolute atomic E-state index is 0.167. The summed E-state index contributed by atoms with van der Waals surface area (Å²) in [5, 5.41) is 21.4. The number of terminal acetylenes is 1. The normalized spacial score (nSPS) is 41.6. The molecule has 2 N–H and O–H groups in total. The van der Waals surface area contributed by atoms with Gasteiger partial charge in [-0.2, -0.15) is 0 Å². The maximum Gasteiger partial charge on any atom is 0.130 e. The molecule has 5 atom stereocenters. The molecule has 3 aliphatic rings. The molecule has 0 radical (unpaired) electrons. The topological polar surface area (TPSA) is 40.5 Å². The first-order chi connectivity index (χ1) is 10.9. The average Bonchev–Trinajstić information content (AvgIpc) is 2.83. The lowest BCUT2D eigenvalue weighted by atomic mass is 9.53. The molecule has 0 amide bonds. The summed E-state index contributed by atoms with van der Waals surface area (Å²) in [5.74, 6) is 4.62. The van der Waals surface area contributed by atoms with Gasteiger partial charge in [0.2, 0.25) is 0 Å². The molecule has 0 heterocycles. The number of aryl methyl sites for hydroxylation is 1. The third-order valence-corrected chi connectivity index (χ3v) is 7.49. The number of phenols is 1. The number of hydrogen-bond donors (Lipinski definition) is 2. The third-order valence-electron chi connectivity index (χ3n) is 7.49. The number of aromatic hydroxyl groups is 1. The van der Waals surface area contributed by atoms with Gasteiger partial charge in [0.05, 0.1) is 0 Å². The van der Waals surface area contributed by atoms with Crippen LogP contribution in [0.2, 0.25) is 0 Å². The molecule has 0 saturated heterocycles. The minimum atomic E-state index is -0.947. The Morgan fingerprint density at radius 2 is 2.00 bits per heavy atom. The summed E-state index contributed by atoms with van der Waals surface area (Å²) in [5.41, 5.74) is 2.74. The van der Waals surface area contributed by atoms with Crippen LogP contribution in [-0.4, -0.2) is 15.8 Å². The molecular weight excluding hydrogens is 284 g/mol. The number of phenolic OH excluding ortho intramolecular Hbond substituents is 1. The Morgan fingerprint density at radius 1 is 1.22 bits per heavy atom. The van der Waals surface area contributed by atoms with Crippen molar-refractivity contribution in [2.24, 2.45) is 17.3 Å². The Morgan fingerprint density at radius 3 is 2.74 bits per heavy atom. The molecule has 1 aromatic rings. The molecule has 2 saturated carbocycles. The van der Waals surface area contributed by atoms with Crippen LogP contribution < -0.4 is 0 Å². The second-order valence-corrected chi connectivity index (χ2v) is 8.21. The molecule has 0 aliphatic heterocycles. The molecule has 0 aromatic heterocycles. The van der Waals surface area contributed by atoms with E-state index in [0.717, 1.165) is 38.5 Å². The van der Waals surface area contributed by atoms with Gasteiger partial charge in [0.25, 0.3) is 0 Å². The lowest BCUT2D eigenvalue weighted by Crippen LogP contribution is -2.50. The largest absolute Gasteiger partial charge is 0.508 e. The first-order valence-corrected chi connectivity index (χ1v) is 8.93. The fourth-order valence-corrected chi connectivity index (χ4v) is 6.12. The van der Waals surface area contributed by atoms with Crippen LogP contribution in [0.25, 0.3) is 0 Å². The van der Waals surface area contributed by atoms with Crippen LogP contribution in [0.4, 0.5) is 0 Å². The summed E-state index contributed by atoms with van der Waals surface area (Å²) in [7, 11) is 0. The molecule has 0 bridgehead atoms. The van der Waals surface area contributed by atoms with Gasteiger partial charge in [0, 0.05) is 11.0 Å². The van der Waals surface area contributed by atoms with Crippen LogP contribution in [0.1, 0.15) is 61.6 Å². The molecule has 0 unspecified atom stereocenters. The summed E-state index contributed by atoms with van der Waals surface area (Å²) in [6.45, 7) is 4.35. The van der Waals surface area contributed by atoms with E-state index in [2.05, 4.69) is 19.8 Å². The molecule has 1 aromatic carbocycles. The summed E-state index contributed by atoms with van der Waals surface area (Å²) in [6, 6.07) is 3.89. The second-order valence-electron chi connectivity index (χ2n) is 8.21. The van der Waals surface area contributed by atoms with Crippen molar-refractivity contribution in [1.29, 1.82) is 0 Å². The highest BCUT2D eigenvalue weighted by Gasteiger charge is 2.61. The number of hydrogen-bond acceptors (Lipinski definition) is 2. The van der Waals surface area contributed by atoms with Gasteiger partial charge < -0.3 is 10.2 Å². The van der Waals surface area contributed by atoms with E-state index < -0.39 is 5.60 Å². The van der Waals surface area contributed by atoms with Crippen molar-refractivity contribution in [3.63, 3.8) is 0 Å². The van der Waals surface area contributed by atoms with Crippen molar-refractivity contribution in [1.82, 2.24) is 0 Å². The van der Waals surface area contributed by atoms with Crippen molar-refractivity contribution in [2.75, 3.05) is 0 Å². The molecule has 2 fully saturated rings. The molecule has 4 rings (SSSR count). The molecular formula is C21H26O2. The standard InChI is InChI=1S/C21H26O2/c1-4-21(23)12-10-17-15-7-6-14-13(2)5-8-18(22)19(14)16(15)9-11-20(17,21)3/h1,5,8,15-17,22-23H,6-7,9-12H2,2-3H3/t15-,16+,17-,20-,21-/m1/s1. The van der Waals surface area contributed by atoms with Gasteiger partial charge in [-0.3, -0.25) is 0 Å². The van der Waals surface area contributed by atoms with Crippen molar-refractivity contribution in [3.05, 3.63) is 28.8 Å². The van der Waals surface area contributed by atoms with E-state index in [1.807, 2.05) is 12.1 Å². The van der Waals surface area contributed by atoms with Crippen LogP contribution in [0, 0.1) is 36.5 Å². The van der Waals surface area contributed by atoms with Crippen molar-refractivity contribution in [2.45, 2.75) is 63.9 Å². The van der Waals surface area contributed by atoms with Crippen LogP contribution in [0.3, 0.4) is 0 Å². The van der Waals surface area contributed by atoms with Crippen molar-refractivity contribution >= 4 is 0 Å². The summed E-state index contributed by atoms with van der Waals surface area (Å²) < 4.78 is 0. The molecule has 3 aliphatic carbocycles. The highest BCUT2D eigenvalue weighted by atomic mass is 16.3. The lowest BCUT2D eigenvalue weighted by molar-refractivity contribution is -0.0648. The average molecular weight is 310 g/mol. The Bertz CT molecular complexity index is 701. The van der Waals surface area contributed by atoms with E-state index in [1.54, 1.807) is 0 Å². The fourth-order valence-electron chi connectivity index (χ4n) is 6.12. The van der Waals surface area contributed by atoms with E-state index in [4.69, 9.17) is 6.42 Å². The second kappa shape index (κ2) is 4.77. The van der Waals surface area contributed by atoms with E-state index in [-0.39, 0.29) is 5.41 Å². The van der Waals surface area contributed by atoms with E-state index in [1.165, 1.54) is 16.7 Å². The molecule has 2 heteroatoms. The zero-order valence-electron chi connectivity index (χ0n) is 14.1. The Labute approximate surface area is 138 Å². The van der Waals surface area contributed by atoms with Gasteiger partial charge in [-0.05, 0) is 80.4 Å². The SMILES string of the molecule is C#C[C@@]1(O)CC[C@@H]2[C@@H]3CCc4c(C)ccc(O)c4[C@H]3CC[C@]21C. The number of aliphatic hydroxyl groups is 1. The van der Waals surface area contributed by atoms with Gasteiger partial charge in [-0.25, -0.2) is 0 Å². The number of rotatable bonds is 0. The van der Waals surface area contributed by atoms with Gasteiger partial charge in [0.15, 0.2) is 0 Å². The summed E-state index contributed by atoms with van der Waals surface area (Å²) in [4.78, 5) is 0. The van der Waals surface area contributed by atoms with Gasteiger partial charge in [-0.1, -0.05) is 18.9 Å². The predicted octanol–water partition coefficient (Wildman–Crippen LogP) is 3.92. The van der Waals surface area contributed by atoms with E-state index in [9.17, 15) is 10.2 Å². The quantitative estimate of drug-likeness (QED) is 0.713.